The maximum absolute atomic E-state index is 12.5. The van der Waals surface area contributed by atoms with E-state index in [1.54, 1.807) is 30.3 Å². The third kappa shape index (κ3) is 3.81. The molecule has 2 aromatic carbocycles. The second-order valence-electron chi connectivity index (χ2n) is 4.60. The Morgan fingerprint density at radius 1 is 0.952 bits per heavy atom. The average Bonchev–Trinajstić information content (AvgIpc) is 2.45. The third-order valence-electron chi connectivity index (χ3n) is 3.17. The Balaban J connectivity index is 2.36. The van der Waals surface area contributed by atoms with Gasteiger partial charge in [-0.15, -0.1) is 0 Å². The van der Waals surface area contributed by atoms with Crippen LogP contribution in [-0.4, -0.2) is 11.5 Å². The van der Waals surface area contributed by atoms with E-state index in [1.807, 2.05) is 0 Å². The largest absolute Gasteiger partial charge is 0.416 e. The van der Waals surface area contributed by atoms with Crippen LogP contribution in [0.25, 0.3) is 0 Å². The second kappa shape index (κ2) is 5.95. The van der Waals surface area contributed by atoms with E-state index in [1.165, 1.54) is 12.1 Å². The molecule has 0 unspecified atom stereocenters. The van der Waals surface area contributed by atoms with Gasteiger partial charge < -0.3 is 0 Å². The van der Waals surface area contributed by atoms with Gasteiger partial charge in [-0.25, -0.2) is 0 Å². The highest BCUT2D eigenvalue weighted by atomic mass is 19.4. The lowest BCUT2D eigenvalue weighted by atomic mass is 9.91. The Hall–Kier alpha value is -2.37. The second-order valence-corrected chi connectivity index (χ2v) is 4.60. The minimum Gasteiger partial charge on any atom is -0.265 e. The van der Waals surface area contributed by atoms with Crippen LogP contribution < -0.4 is 0 Å². The molecule has 0 aliphatic rings. The molecule has 0 aromatic heterocycles. The molecule has 0 radical (unpaired) electrons. The zero-order valence-electron chi connectivity index (χ0n) is 10.9. The van der Waals surface area contributed by atoms with Crippen molar-refractivity contribution in [2.45, 2.75) is 12.1 Å². The summed E-state index contributed by atoms with van der Waals surface area (Å²) in [7, 11) is 0. The topological polar surface area (TPSA) is 43.1 Å². The van der Waals surface area contributed by atoms with Crippen molar-refractivity contribution in [1.82, 2.24) is 0 Å². The molecule has 3 nitrogen and oxygen atoms in total. The first kappa shape index (κ1) is 15.0. The normalized spacial score (nSPS) is 12.9. The van der Waals surface area contributed by atoms with Crippen LogP contribution in [0.3, 0.4) is 0 Å². The summed E-state index contributed by atoms with van der Waals surface area (Å²) in [6.45, 7) is -0.366. The molecule has 6 heteroatoms. The van der Waals surface area contributed by atoms with Crippen LogP contribution in [0.5, 0.6) is 0 Å². The Morgan fingerprint density at radius 2 is 1.48 bits per heavy atom. The van der Waals surface area contributed by atoms with E-state index in [0.717, 1.165) is 12.1 Å². The molecule has 0 spiro atoms. The maximum atomic E-state index is 12.5. The van der Waals surface area contributed by atoms with Gasteiger partial charge in [0.25, 0.3) is 0 Å². The lowest BCUT2D eigenvalue weighted by Gasteiger charge is -2.15. The predicted octanol–water partition coefficient (Wildman–Crippen LogP) is 4.11. The minimum absolute atomic E-state index is 0.366. The minimum atomic E-state index is -4.41. The molecule has 0 N–H and O–H groups in total. The maximum Gasteiger partial charge on any atom is 0.416 e. The van der Waals surface area contributed by atoms with Crippen molar-refractivity contribution >= 4 is 0 Å². The van der Waals surface area contributed by atoms with Gasteiger partial charge in [-0.2, -0.15) is 13.2 Å². The summed E-state index contributed by atoms with van der Waals surface area (Å²) in [6.07, 6.45) is -4.41. The number of halogens is 3. The van der Waals surface area contributed by atoms with Crippen molar-refractivity contribution in [2.75, 3.05) is 6.54 Å². The standard InChI is InChI=1S/C15H12F3NO2/c16-15(17,18)13-8-6-12(7-9-13)14(10-19(20)21)11-4-2-1-3-5-11/h1-9,14H,10H2/t14-/m0/s1. The number of benzene rings is 2. The van der Waals surface area contributed by atoms with Gasteiger partial charge >= 0.3 is 6.18 Å². The van der Waals surface area contributed by atoms with Crippen molar-refractivity contribution in [3.8, 4) is 0 Å². The zero-order chi connectivity index (χ0) is 15.5. The smallest absolute Gasteiger partial charge is 0.265 e. The van der Waals surface area contributed by atoms with Crippen LogP contribution in [0, 0.1) is 10.1 Å². The molecule has 0 bridgehead atoms. The number of rotatable bonds is 4. The predicted molar refractivity (Wildman–Crippen MR) is 71.6 cm³/mol. The van der Waals surface area contributed by atoms with Gasteiger partial charge in [0.15, 0.2) is 0 Å². The molecule has 0 heterocycles. The van der Waals surface area contributed by atoms with Gasteiger partial charge in [0.05, 0.1) is 11.5 Å². The third-order valence-corrected chi connectivity index (χ3v) is 3.17. The summed E-state index contributed by atoms with van der Waals surface area (Å²) in [4.78, 5) is 10.3. The van der Waals surface area contributed by atoms with E-state index in [-0.39, 0.29) is 6.54 Å². The van der Waals surface area contributed by atoms with Crippen molar-refractivity contribution < 1.29 is 18.1 Å². The number of hydrogen-bond donors (Lipinski definition) is 0. The highest BCUT2D eigenvalue weighted by molar-refractivity contribution is 5.34. The van der Waals surface area contributed by atoms with Crippen molar-refractivity contribution in [3.63, 3.8) is 0 Å². The summed E-state index contributed by atoms with van der Waals surface area (Å²) < 4.78 is 37.6. The highest BCUT2D eigenvalue weighted by Crippen LogP contribution is 2.31. The van der Waals surface area contributed by atoms with Gasteiger partial charge in [0.2, 0.25) is 6.54 Å². The molecule has 0 fully saturated rings. The van der Waals surface area contributed by atoms with Gasteiger partial charge in [0.1, 0.15) is 0 Å². The lowest BCUT2D eigenvalue weighted by molar-refractivity contribution is -0.481. The Kier molecular flexibility index (Phi) is 4.26. The molecular weight excluding hydrogens is 283 g/mol. The van der Waals surface area contributed by atoms with Crippen molar-refractivity contribution in [3.05, 3.63) is 81.4 Å². The van der Waals surface area contributed by atoms with Crippen LogP contribution in [0.1, 0.15) is 22.6 Å². The molecule has 2 aromatic rings. The quantitative estimate of drug-likeness (QED) is 0.629. The van der Waals surface area contributed by atoms with E-state index in [2.05, 4.69) is 0 Å². The van der Waals surface area contributed by atoms with Gasteiger partial charge in [-0.1, -0.05) is 42.5 Å². The molecule has 2 rings (SSSR count). The monoisotopic (exact) mass is 295 g/mol. The SMILES string of the molecule is O=[N+]([O-])C[C@@H](c1ccccc1)c1ccc(C(F)(F)F)cc1. The van der Waals surface area contributed by atoms with Crippen molar-refractivity contribution in [1.29, 1.82) is 0 Å². The van der Waals surface area contributed by atoms with E-state index in [0.29, 0.717) is 11.1 Å². The first-order valence-corrected chi connectivity index (χ1v) is 6.22. The van der Waals surface area contributed by atoms with Gasteiger partial charge in [-0.05, 0) is 23.3 Å². The van der Waals surface area contributed by atoms with E-state index >= 15 is 0 Å². The molecule has 0 saturated carbocycles. The van der Waals surface area contributed by atoms with E-state index in [9.17, 15) is 23.3 Å². The molecule has 0 aliphatic carbocycles. The summed E-state index contributed by atoms with van der Waals surface area (Å²) in [5.74, 6) is -0.566. The molecule has 110 valence electrons. The summed E-state index contributed by atoms with van der Waals surface area (Å²) in [6, 6.07) is 13.2. The Morgan fingerprint density at radius 3 is 1.95 bits per heavy atom. The van der Waals surface area contributed by atoms with Crippen LogP contribution in [0.15, 0.2) is 54.6 Å². The van der Waals surface area contributed by atoms with Crippen LogP contribution >= 0.6 is 0 Å². The number of nitrogens with zero attached hydrogens (tertiary/aromatic N) is 1. The average molecular weight is 295 g/mol. The number of hydrogen-bond acceptors (Lipinski definition) is 2. The van der Waals surface area contributed by atoms with Gasteiger partial charge in [-0.3, -0.25) is 10.1 Å². The molecule has 21 heavy (non-hydrogen) atoms. The fraction of sp³-hybridized carbons (Fsp3) is 0.200. The fourth-order valence-corrected chi connectivity index (χ4v) is 2.14. The van der Waals surface area contributed by atoms with Crippen molar-refractivity contribution in [2.24, 2.45) is 0 Å². The number of alkyl halides is 3. The van der Waals surface area contributed by atoms with Crippen LogP contribution in [-0.2, 0) is 6.18 Å². The molecule has 0 aliphatic heterocycles. The summed E-state index contributed by atoms with van der Waals surface area (Å²) >= 11 is 0. The first-order valence-electron chi connectivity index (χ1n) is 6.22. The number of nitro groups is 1. The molecule has 0 saturated heterocycles. The van der Waals surface area contributed by atoms with Gasteiger partial charge in [0, 0.05) is 4.92 Å². The summed E-state index contributed by atoms with van der Waals surface area (Å²) in [5.41, 5.74) is 0.430. The van der Waals surface area contributed by atoms with Crippen LogP contribution in [0.4, 0.5) is 13.2 Å². The Bertz CT molecular complexity index is 609. The Labute approximate surface area is 119 Å². The zero-order valence-corrected chi connectivity index (χ0v) is 10.9. The van der Waals surface area contributed by atoms with Crippen LogP contribution in [0.2, 0.25) is 0 Å². The molecule has 0 amide bonds. The fourth-order valence-electron chi connectivity index (χ4n) is 2.14. The highest BCUT2D eigenvalue weighted by Gasteiger charge is 2.30. The molecular formula is C15H12F3NO2. The van der Waals surface area contributed by atoms with E-state index < -0.39 is 22.6 Å². The van der Waals surface area contributed by atoms with E-state index in [4.69, 9.17) is 0 Å². The molecule has 1 atom stereocenters. The lowest BCUT2D eigenvalue weighted by Crippen LogP contribution is -2.14. The first-order chi connectivity index (χ1) is 9.88. The summed E-state index contributed by atoms with van der Waals surface area (Å²) in [5, 5.41) is 10.8.